The second-order valence-electron chi connectivity index (χ2n) is 4.81. The molecular formula is C13H15N5. The Morgan fingerprint density at radius 1 is 1.22 bits per heavy atom. The molecule has 0 aromatic carbocycles. The maximum atomic E-state index is 8.94. The maximum Gasteiger partial charge on any atom is 0.176 e. The van der Waals surface area contributed by atoms with Crippen molar-refractivity contribution in [1.82, 2.24) is 9.55 Å². The van der Waals surface area contributed by atoms with Gasteiger partial charge in [-0.25, -0.2) is 4.98 Å². The highest BCUT2D eigenvalue weighted by Crippen LogP contribution is 2.22. The van der Waals surface area contributed by atoms with Crippen molar-refractivity contribution in [3.63, 3.8) is 0 Å². The monoisotopic (exact) mass is 241 g/mol. The number of aromatic nitrogens is 2. The van der Waals surface area contributed by atoms with Gasteiger partial charge in [-0.15, -0.1) is 0 Å². The molecule has 0 aliphatic heterocycles. The molecule has 0 amide bonds. The van der Waals surface area contributed by atoms with Gasteiger partial charge in [-0.1, -0.05) is 6.42 Å². The van der Waals surface area contributed by atoms with Gasteiger partial charge in [0.2, 0.25) is 0 Å². The fourth-order valence-electron chi connectivity index (χ4n) is 1.66. The summed E-state index contributed by atoms with van der Waals surface area (Å²) < 4.78 is 1.69. The number of imidazole rings is 1. The number of unbranched alkanes of at least 4 members (excludes halogenated alkanes) is 1. The Hall–Kier alpha value is -2.32. The van der Waals surface area contributed by atoms with E-state index in [-0.39, 0.29) is 11.1 Å². The molecule has 1 rings (SSSR count). The van der Waals surface area contributed by atoms with E-state index in [1.807, 2.05) is 26.0 Å². The molecule has 0 radical (unpaired) electrons. The minimum absolute atomic E-state index is 0.176. The van der Waals surface area contributed by atoms with Crippen molar-refractivity contribution in [3.8, 4) is 18.2 Å². The molecule has 1 aromatic heterocycles. The fraction of sp³-hybridized carbons (Fsp3) is 0.538. The summed E-state index contributed by atoms with van der Waals surface area (Å²) in [4.78, 5) is 3.88. The minimum Gasteiger partial charge on any atom is -0.321 e. The number of hydrogen-bond donors (Lipinski definition) is 0. The van der Waals surface area contributed by atoms with Gasteiger partial charge in [0.1, 0.15) is 12.1 Å². The molecule has 1 heterocycles. The van der Waals surface area contributed by atoms with E-state index in [0.29, 0.717) is 12.2 Å². The lowest BCUT2D eigenvalue weighted by Gasteiger charge is -2.14. The van der Waals surface area contributed by atoms with Gasteiger partial charge in [0.15, 0.2) is 11.4 Å². The Labute approximate surface area is 107 Å². The number of rotatable bonds is 5. The largest absolute Gasteiger partial charge is 0.321 e. The molecule has 0 aliphatic carbocycles. The molecule has 0 atom stereocenters. The van der Waals surface area contributed by atoms with Crippen LogP contribution in [0, 0.1) is 39.4 Å². The zero-order chi connectivity index (χ0) is 13.6. The molecule has 0 unspecified atom stereocenters. The summed E-state index contributed by atoms with van der Waals surface area (Å²) in [6.45, 7) is 4.48. The quantitative estimate of drug-likeness (QED) is 0.740. The highest BCUT2D eigenvalue weighted by Gasteiger charge is 2.16. The first kappa shape index (κ1) is 13.7. The molecular weight excluding hydrogens is 226 g/mol. The normalized spacial score (nSPS) is 10.4. The second kappa shape index (κ2) is 5.84. The molecule has 5 heteroatoms. The van der Waals surface area contributed by atoms with Crippen molar-refractivity contribution in [2.75, 3.05) is 0 Å². The number of nitrogens with zero attached hydrogens (tertiary/aromatic N) is 5. The zero-order valence-corrected chi connectivity index (χ0v) is 10.6. The molecule has 0 saturated heterocycles. The summed E-state index contributed by atoms with van der Waals surface area (Å²) in [6.07, 6.45) is 4.12. The van der Waals surface area contributed by atoms with E-state index >= 15 is 0 Å². The average molecular weight is 241 g/mol. The van der Waals surface area contributed by atoms with Crippen LogP contribution in [0.4, 0.5) is 0 Å². The van der Waals surface area contributed by atoms with Crippen LogP contribution in [-0.4, -0.2) is 9.55 Å². The summed E-state index contributed by atoms with van der Waals surface area (Å²) in [5.41, 5.74) is 0.192. The molecule has 0 N–H and O–H groups in total. The third-order valence-corrected chi connectivity index (χ3v) is 2.80. The molecule has 18 heavy (non-hydrogen) atoms. The second-order valence-corrected chi connectivity index (χ2v) is 4.81. The van der Waals surface area contributed by atoms with Crippen LogP contribution in [-0.2, 0) is 6.54 Å². The predicted molar refractivity (Wildman–Crippen MR) is 64.9 cm³/mol. The lowest BCUT2D eigenvalue weighted by molar-refractivity contribution is 0.416. The molecule has 92 valence electrons. The fourth-order valence-corrected chi connectivity index (χ4v) is 1.66. The lowest BCUT2D eigenvalue weighted by Crippen LogP contribution is -2.08. The van der Waals surface area contributed by atoms with Crippen molar-refractivity contribution >= 4 is 0 Å². The van der Waals surface area contributed by atoms with E-state index in [1.54, 1.807) is 4.57 Å². The van der Waals surface area contributed by atoms with Crippen molar-refractivity contribution < 1.29 is 0 Å². The van der Waals surface area contributed by atoms with Crippen molar-refractivity contribution in [2.24, 2.45) is 5.41 Å². The Balaban J connectivity index is 2.52. The van der Waals surface area contributed by atoms with E-state index in [0.717, 1.165) is 19.3 Å². The minimum atomic E-state index is -0.301. The smallest absolute Gasteiger partial charge is 0.176 e. The van der Waals surface area contributed by atoms with Gasteiger partial charge >= 0.3 is 0 Å². The Bertz CT molecular complexity index is 533. The summed E-state index contributed by atoms with van der Waals surface area (Å²) in [5, 5.41) is 26.6. The first-order valence-corrected chi connectivity index (χ1v) is 5.80. The molecule has 0 bridgehead atoms. The van der Waals surface area contributed by atoms with Crippen molar-refractivity contribution in [3.05, 3.63) is 17.7 Å². The number of hydrogen-bond acceptors (Lipinski definition) is 4. The SMILES string of the molecule is CC(C)(C#N)CCCCn1cnc(C#N)c1C#N. The van der Waals surface area contributed by atoms with Crippen molar-refractivity contribution in [2.45, 2.75) is 39.7 Å². The third-order valence-electron chi connectivity index (χ3n) is 2.80. The van der Waals surface area contributed by atoms with E-state index in [9.17, 15) is 0 Å². The Kier molecular flexibility index (Phi) is 4.46. The van der Waals surface area contributed by atoms with Crippen LogP contribution in [0.2, 0.25) is 0 Å². The first-order chi connectivity index (χ1) is 8.54. The van der Waals surface area contributed by atoms with Crippen LogP contribution in [0.3, 0.4) is 0 Å². The molecule has 5 nitrogen and oxygen atoms in total. The van der Waals surface area contributed by atoms with E-state index in [1.165, 1.54) is 6.33 Å². The molecule has 1 aromatic rings. The topological polar surface area (TPSA) is 89.2 Å². The maximum absolute atomic E-state index is 8.94. The average Bonchev–Trinajstić information content (AvgIpc) is 2.76. The summed E-state index contributed by atoms with van der Waals surface area (Å²) in [5.74, 6) is 0. The Morgan fingerprint density at radius 3 is 2.50 bits per heavy atom. The number of aryl methyl sites for hydroxylation is 1. The highest BCUT2D eigenvalue weighted by molar-refractivity contribution is 5.35. The van der Waals surface area contributed by atoms with Crippen molar-refractivity contribution in [1.29, 1.82) is 15.8 Å². The van der Waals surface area contributed by atoms with Gasteiger partial charge in [-0.2, -0.15) is 15.8 Å². The van der Waals surface area contributed by atoms with Crippen LogP contribution in [0.25, 0.3) is 0 Å². The van der Waals surface area contributed by atoms with Gasteiger partial charge in [-0.05, 0) is 26.7 Å². The highest BCUT2D eigenvalue weighted by atomic mass is 15.1. The predicted octanol–water partition coefficient (Wildman–Crippen LogP) is 2.35. The van der Waals surface area contributed by atoms with Crippen LogP contribution in [0.5, 0.6) is 0 Å². The van der Waals surface area contributed by atoms with E-state index in [2.05, 4.69) is 11.1 Å². The van der Waals surface area contributed by atoms with Gasteiger partial charge in [0.25, 0.3) is 0 Å². The van der Waals surface area contributed by atoms with Crippen LogP contribution >= 0.6 is 0 Å². The van der Waals surface area contributed by atoms with Crippen LogP contribution in [0.1, 0.15) is 44.5 Å². The zero-order valence-electron chi connectivity index (χ0n) is 10.6. The standard InChI is InChI=1S/C13H15N5/c1-13(2,9-16)5-3-4-6-18-10-17-11(7-14)12(18)8-15/h10H,3-6H2,1-2H3. The summed E-state index contributed by atoms with van der Waals surface area (Å²) in [6, 6.07) is 6.14. The van der Waals surface area contributed by atoms with Crippen LogP contribution < -0.4 is 0 Å². The first-order valence-electron chi connectivity index (χ1n) is 5.80. The number of nitriles is 3. The van der Waals surface area contributed by atoms with E-state index < -0.39 is 0 Å². The van der Waals surface area contributed by atoms with Gasteiger partial charge < -0.3 is 4.57 Å². The van der Waals surface area contributed by atoms with E-state index in [4.69, 9.17) is 15.8 Å². The van der Waals surface area contributed by atoms with Gasteiger partial charge in [0.05, 0.1) is 17.8 Å². The molecule has 0 saturated carbocycles. The van der Waals surface area contributed by atoms with Crippen LogP contribution in [0.15, 0.2) is 6.33 Å². The molecule has 0 aliphatic rings. The van der Waals surface area contributed by atoms with Gasteiger partial charge in [-0.3, -0.25) is 0 Å². The lowest BCUT2D eigenvalue weighted by atomic mass is 9.89. The molecule has 0 fully saturated rings. The summed E-state index contributed by atoms with van der Waals surface area (Å²) >= 11 is 0. The Morgan fingerprint density at radius 2 is 1.94 bits per heavy atom. The summed E-state index contributed by atoms with van der Waals surface area (Å²) in [7, 11) is 0. The third kappa shape index (κ3) is 3.34. The van der Waals surface area contributed by atoms with Gasteiger partial charge in [0, 0.05) is 6.54 Å². The molecule has 0 spiro atoms.